The summed E-state index contributed by atoms with van der Waals surface area (Å²) in [5, 5.41) is 13.3. The molecule has 0 spiro atoms. The Balaban J connectivity index is 1.81. The summed E-state index contributed by atoms with van der Waals surface area (Å²) < 4.78 is 12.0. The standard InChI is InChI=1S/C21H21BNO3/c1-20(2,24)21(3,4)26-22-16-8-5-7-14-13(16)10-11-15-18-17(25-19(14)15)9-6-12-23-18/h5-12,24H,1-4H3. The van der Waals surface area contributed by atoms with Crippen molar-refractivity contribution in [1.29, 1.82) is 0 Å². The van der Waals surface area contributed by atoms with Crippen LogP contribution in [0.15, 0.2) is 53.1 Å². The molecule has 5 heteroatoms. The van der Waals surface area contributed by atoms with Gasteiger partial charge >= 0.3 is 7.48 Å². The van der Waals surface area contributed by atoms with Gasteiger partial charge in [0.25, 0.3) is 0 Å². The topological polar surface area (TPSA) is 55.5 Å². The van der Waals surface area contributed by atoms with E-state index >= 15 is 0 Å². The molecule has 0 amide bonds. The highest BCUT2D eigenvalue weighted by Crippen LogP contribution is 2.32. The van der Waals surface area contributed by atoms with E-state index in [-0.39, 0.29) is 0 Å². The lowest BCUT2D eigenvalue weighted by Gasteiger charge is -2.37. The molecule has 4 rings (SSSR count). The van der Waals surface area contributed by atoms with Crippen LogP contribution in [0.3, 0.4) is 0 Å². The average molecular weight is 346 g/mol. The predicted octanol–water partition coefficient (Wildman–Crippen LogP) is 3.94. The molecule has 4 aromatic rings. The van der Waals surface area contributed by atoms with E-state index in [1.165, 1.54) is 0 Å². The summed E-state index contributed by atoms with van der Waals surface area (Å²) in [7, 11) is 1.72. The van der Waals surface area contributed by atoms with Crippen LogP contribution in [0.5, 0.6) is 0 Å². The largest absolute Gasteiger partial charge is 0.454 e. The van der Waals surface area contributed by atoms with E-state index < -0.39 is 11.2 Å². The monoisotopic (exact) mass is 346 g/mol. The summed E-state index contributed by atoms with van der Waals surface area (Å²) in [5.74, 6) is 0. The molecule has 131 valence electrons. The van der Waals surface area contributed by atoms with Gasteiger partial charge in [0, 0.05) is 17.0 Å². The Morgan fingerprint density at radius 2 is 1.73 bits per heavy atom. The summed E-state index contributed by atoms with van der Waals surface area (Å²) in [5.41, 5.74) is 1.74. The molecule has 0 aliphatic rings. The molecule has 26 heavy (non-hydrogen) atoms. The maximum atomic E-state index is 10.3. The van der Waals surface area contributed by atoms with Crippen molar-refractivity contribution in [2.24, 2.45) is 0 Å². The van der Waals surface area contributed by atoms with Gasteiger partial charge in [0.2, 0.25) is 0 Å². The first-order valence-corrected chi connectivity index (χ1v) is 8.70. The van der Waals surface area contributed by atoms with E-state index in [1.54, 1.807) is 27.5 Å². The highest BCUT2D eigenvalue weighted by atomic mass is 16.5. The quantitative estimate of drug-likeness (QED) is 0.569. The molecule has 0 saturated heterocycles. The minimum absolute atomic E-state index is 0.720. The Hall–Kier alpha value is -2.37. The van der Waals surface area contributed by atoms with Crippen molar-refractivity contribution in [3.05, 3.63) is 48.7 Å². The van der Waals surface area contributed by atoms with Crippen LogP contribution in [0.2, 0.25) is 0 Å². The number of benzene rings is 2. The van der Waals surface area contributed by atoms with E-state index in [2.05, 4.69) is 11.1 Å². The lowest BCUT2D eigenvalue weighted by molar-refractivity contribution is -0.0893. The van der Waals surface area contributed by atoms with Crippen molar-refractivity contribution in [3.63, 3.8) is 0 Å². The zero-order valence-electron chi connectivity index (χ0n) is 15.4. The minimum atomic E-state index is -0.967. The highest BCUT2D eigenvalue weighted by molar-refractivity contribution is 6.52. The first kappa shape index (κ1) is 17.1. The fraction of sp³-hybridized carbons (Fsp3) is 0.286. The Morgan fingerprint density at radius 3 is 2.50 bits per heavy atom. The Bertz CT molecular complexity index is 1110. The van der Waals surface area contributed by atoms with Crippen LogP contribution in [0.25, 0.3) is 32.8 Å². The fourth-order valence-electron chi connectivity index (χ4n) is 2.89. The van der Waals surface area contributed by atoms with E-state index in [9.17, 15) is 5.11 Å². The smallest absolute Gasteiger partial charge is 0.331 e. The van der Waals surface area contributed by atoms with Crippen molar-refractivity contribution in [1.82, 2.24) is 4.98 Å². The fourth-order valence-corrected chi connectivity index (χ4v) is 2.89. The van der Waals surface area contributed by atoms with Gasteiger partial charge in [-0.1, -0.05) is 24.3 Å². The van der Waals surface area contributed by atoms with Crippen molar-refractivity contribution < 1.29 is 14.2 Å². The van der Waals surface area contributed by atoms with Gasteiger partial charge in [-0.05, 0) is 56.7 Å². The number of furan rings is 1. The molecule has 2 aromatic carbocycles. The first-order valence-electron chi connectivity index (χ1n) is 8.70. The zero-order valence-corrected chi connectivity index (χ0v) is 15.4. The predicted molar refractivity (Wildman–Crippen MR) is 106 cm³/mol. The third kappa shape index (κ3) is 2.68. The number of pyridine rings is 1. The van der Waals surface area contributed by atoms with E-state index in [1.807, 2.05) is 50.2 Å². The van der Waals surface area contributed by atoms with Crippen LogP contribution in [-0.4, -0.2) is 28.8 Å². The molecule has 0 atom stereocenters. The lowest BCUT2D eigenvalue weighted by Crippen LogP contribution is -2.49. The summed E-state index contributed by atoms with van der Waals surface area (Å²) in [4.78, 5) is 4.44. The first-order chi connectivity index (χ1) is 12.3. The second kappa shape index (κ2) is 5.83. The second-order valence-corrected chi connectivity index (χ2v) is 7.64. The normalized spacial score (nSPS) is 13.0. The summed E-state index contributed by atoms with van der Waals surface area (Å²) in [6, 6.07) is 13.9. The van der Waals surface area contributed by atoms with Gasteiger partial charge in [-0.15, -0.1) is 0 Å². The molecule has 1 N–H and O–H groups in total. The van der Waals surface area contributed by atoms with Gasteiger partial charge in [0.05, 0.1) is 11.2 Å². The Morgan fingerprint density at radius 1 is 0.962 bits per heavy atom. The summed E-state index contributed by atoms with van der Waals surface area (Å²) >= 11 is 0. The molecule has 2 aromatic heterocycles. The number of aromatic nitrogens is 1. The van der Waals surface area contributed by atoms with Crippen LogP contribution in [0.1, 0.15) is 27.7 Å². The molecule has 0 unspecified atom stereocenters. The zero-order chi connectivity index (χ0) is 18.5. The molecule has 4 nitrogen and oxygen atoms in total. The summed E-state index contributed by atoms with van der Waals surface area (Å²) in [6.45, 7) is 7.24. The second-order valence-electron chi connectivity index (χ2n) is 7.64. The van der Waals surface area contributed by atoms with Crippen LogP contribution < -0.4 is 5.46 Å². The van der Waals surface area contributed by atoms with Crippen LogP contribution >= 0.6 is 0 Å². The van der Waals surface area contributed by atoms with Crippen molar-refractivity contribution in [2.75, 3.05) is 0 Å². The Labute approximate surface area is 153 Å². The van der Waals surface area contributed by atoms with E-state index in [0.717, 1.165) is 38.3 Å². The molecule has 2 heterocycles. The number of fused-ring (bicyclic) bond motifs is 5. The highest BCUT2D eigenvalue weighted by Gasteiger charge is 2.35. The molecule has 0 bridgehead atoms. The van der Waals surface area contributed by atoms with Crippen molar-refractivity contribution >= 4 is 45.8 Å². The van der Waals surface area contributed by atoms with Crippen LogP contribution in [-0.2, 0) is 4.65 Å². The molecule has 1 radical (unpaired) electrons. The summed E-state index contributed by atoms with van der Waals surface area (Å²) in [6.07, 6.45) is 1.78. The minimum Gasteiger partial charge on any atom is -0.454 e. The number of hydrogen-bond acceptors (Lipinski definition) is 4. The van der Waals surface area contributed by atoms with Crippen molar-refractivity contribution in [3.8, 4) is 0 Å². The maximum absolute atomic E-state index is 10.3. The Kier molecular flexibility index (Phi) is 3.83. The van der Waals surface area contributed by atoms with Gasteiger partial charge < -0.3 is 14.2 Å². The van der Waals surface area contributed by atoms with Gasteiger partial charge in [0.15, 0.2) is 5.58 Å². The SMILES string of the molecule is CC(C)(O)C(C)(C)O[B]c1cccc2c1ccc1c3ncccc3oc21. The van der Waals surface area contributed by atoms with Gasteiger partial charge in [-0.3, -0.25) is 4.98 Å². The van der Waals surface area contributed by atoms with Crippen molar-refractivity contribution in [2.45, 2.75) is 38.9 Å². The van der Waals surface area contributed by atoms with Gasteiger partial charge in [-0.25, -0.2) is 0 Å². The molecule has 0 saturated carbocycles. The maximum Gasteiger partial charge on any atom is 0.331 e. The number of hydrogen-bond donors (Lipinski definition) is 1. The van der Waals surface area contributed by atoms with E-state index in [4.69, 9.17) is 9.07 Å². The number of rotatable bonds is 4. The van der Waals surface area contributed by atoms with E-state index in [0.29, 0.717) is 0 Å². The third-order valence-electron chi connectivity index (χ3n) is 5.24. The van der Waals surface area contributed by atoms with Gasteiger partial charge in [0.1, 0.15) is 11.1 Å². The average Bonchev–Trinajstić information content (AvgIpc) is 2.98. The third-order valence-corrected chi connectivity index (χ3v) is 5.24. The van der Waals surface area contributed by atoms with Crippen LogP contribution in [0, 0.1) is 0 Å². The molecule has 0 fully saturated rings. The molecule has 0 aliphatic carbocycles. The molecular weight excluding hydrogens is 325 g/mol. The lowest BCUT2D eigenvalue weighted by atomic mass is 9.80. The molecule has 0 aliphatic heterocycles. The molecular formula is C21H21BNO3. The number of aliphatic hydroxyl groups is 1. The van der Waals surface area contributed by atoms with Gasteiger partial charge in [-0.2, -0.15) is 0 Å². The number of nitrogens with zero attached hydrogens (tertiary/aromatic N) is 1. The van der Waals surface area contributed by atoms with Crippen LogP contribution in [0.4, 0.5) is 0 Å².